The Morgan fingerprint density at radius 3 is 3.07 bits per heavy atom. The third-order valence-corrected chi connectivity index (χ3v) is 2.80. The standard InChI is InChI=1S/C10H14N2O2S/c1-14-7-8(13)5-12-6-10-3-2-9(4-11)15-10/h2-3,8,12-13H,5-7H2,1H3. The second-order valence-corrected chi connectivity index (χ2v) is 4.29. The third kappa shape index (κ3) is 4.40. The Balaban J connectivity index is 2.23. The van der Waals surface area contributed by atoms with Crippen LogP contribution in [0.15, 0.2) is 12.1 Å². The number of methoxy groups -OCH3 is 1. The third-order valence-electron chi connectivity index (χ3n) is 1.81. The molecule has 1 aromatic heterocycles. The normalized spacial score (nSPS) is 12.3. The zero-order valence-corrected chi connectivity index (χ0v) is 9.38. The molecular formula is C10H14N2O2S. The molecule has 2 N–H and O–H groups in total. The zero-order chi connectivity index (χ0) is 11.1. The monoisotopic (exact) mass is 226 g/mol. The molecule has 1 unspecified atom stereocenters. The molecule has 0 saturated carbocycles. The second kappa shape index (κ2) is 6.53. The average Bonchev–Trinajstić information content (AvgIpc) is 2.66. The van der Waals surface area contributed by atoms with Crippen LogP contribution in [0.2, 0.25) is 0 Å². The van der Waals surface area contributed by atoms with Gasteiger partial charge in [-0.3, -0.25) is 0 Å². The van der Waals surface area contributed by atoms with Gasteiger partial charge in [-0.05, 0) is 12.1 Å². The lowest BCUT2D eigenvalue weighted by atomic mass is 10.3. The fourth-order valence-electron chi connectivity index (χ4n) is 1.15. The number of rotatable bonds is 6. The number of aliphatic hydroxyl groups excluding tert-OH is 1. The molecule has 1 atom stereocenters. The Morgan fingerprint density at radius 1 is 1.67 bits per heavy atom. The SMILES string of the molecule is COCC(O)CNCc1ccc(C#N)s1. The minimum atomic E-state index is -0.481. The van der Waals surface area contributed by atoms with Crippen molar-refractivity contribution in [2.45, 2.75) is 12.6 Å². The van der Waals surface area contributed by atoms with Crippen molar-refractivity contribution in [1.29, 1.82) is 5.26 Å². The van der Waals surface area contributed by atoms with E-state index in [4.69, 9.17) is 10.00 Å². The maximum absolute atomic E-state index is 9.34. The smallest absolute Gasteiger partial charge is 0.110 e. The van der Waals surface area contributed by atoms with Gasteiger partial charge in [-0.25, -0.2) is 0 Å². The summed E-state index contributed by atoms with van der Waals surface area (Å²) in [4.78, 5) is 1.81. The van der Waals surface area contributed by atoms with Crippen molar-refractivity contribution >= 4 is 11.3 Å². The van der Waals surface area contributed by atoms with Crippen molar-refractivity contribution < 1.29 is 9.84 Å². The summed E-state index contributed by atoms with van der Waals surface area (Å²) < 4.78 is 4.80. The van der Waals surface area contributed by atoms with Crippen molar-refractivity contribution in [3.05, 3.63) is 21.9 Å². The molecule has 15 heavy (non-hydrogen) atoms. The van der Waals surface area contributed by atoms with Crippen molar-refractivity contribution in [3.8, 4) is 6.07 Å². The first-order valence-electron chi connectivity index (χ1n) is 4.62. The Morgan fingerprint density at radius 2 is 2.47 bits per heavy atom. The fraction of sp³-hybridized carbons (Fsp3) is 0.500. The number of aliphatic hydroxyl groups is 1. The first kappa shape index (κ1) is 12.1. The molecule has 0 spiro atoms. The van der Waals surface area contributed by atoms with Gasteiger partial charge in [0.15, 0.2) is 0 Å². The van der Waals surface area contributed by atoms with Crippen molar-refractivity contribution in [3.63, 3.8) is 0 Å². The minimum absolute atomic E-state index is 0.334. The lowest BCUT2D eigenvalue weighted by Gasteiger charge is -2.09. The van der Waals surface area contributed by atoms with Crippen LogP contribution in [0.3, 0.4) is 0 Å². The van der Waals surface area contributed by atoms with E-state index in [9.17, 15) is 5.11 Å². The van der Waals surface area contributed by atoms with Gasteiger partial charge in [0.25, 0.3) is 0 Å². The van der Waals surface area contributed by atoms with E-state index in [0.717, 1.165) is 4.88 Å². The summed E-state index contributed by atoms with van der Waals surface area (Å²) in [5.41, 5.74) is 0. The number of hydrogen-bond donors (Lipinski definition) is 2. The topological polar surface area (TPSA) is 65.3 Å². The van der Waals surface area contributed by atoms with Gasteiger partial charge in [0.1, 0.15) is 10.9 Å². The van der Waals surface area contributed by atoms with Crippen LogP contribution in [-0.4, -0.2) is 31.5 Å². The molecule has 1 rings (SSSR count). The van der Waals surface area contributed by atoms with Gasteiger partial charge in [-0.15, -0.1) is 11.3 Å². The molecule has 0 aliphatic heterocycles. The van der Waals surface area contributed by atoms with Gasteiger partial charge in [0.05, 0.1) is 12.7 Å². The molecule has 1 heterocycles. The highest BCUT2D eigenvalue weighted by Crippen LogP contribution is 2.14. The highest BCUT2D eigenvalue weighted by molar-refractivity contribution is 7.12. The molecule has 0 aliphatic rings. The van der Waals surface area contributed by atoms with Crippen LogP contribution in [0, 0.1) is 11.3 Å². The molecule has 82 valence electrons. The van der Waals surface area contributed by atoms with E-state index < -0.39 is 6.10 Å². The molecule has 0 amide bonds. The summed E-state index contributed by atoms with van der Waals surface area (Å²) >= 11 is 1.46. The lowest BCUT2D eigenvalue weighted by molar-refractivity contribution is 0.0644. The van der Waals surface area contributed by atoms with Gasteiger partial charge >= 0.3 is 0 Å². The summed E-state index contributed by atoms with van der Waals surface area (Å²) in [5.74, 6) is 0. The second-order valence-electron chi connectivity index (χ2n) is 3.12. The highest BCUT2D eigenvalue weighted by Gasteiger charge is 2.03. The van der Waals surface area contributed by atoms with Gasteiger partial charge in [-0.2, -0.15) is 5.26 Å². The summed E-state index contributed by atoms with van der Waals surface area (Å²) in [7, 11) is 1.56. The van der Waals surface area contributed by atoms with E-state index in [2.05, 4.69) is 11.4 Å². The molecule has 0 aliphatic carbocycles. The molecular weight excluding hydrogens is 212 g/mol. The average molecular weight is 226 g/mol. The Labute approximate surface area is 93.1 Å². The molecule has 0 aromatic carbocycles. The number of nitriles is 1. The predicted octanol–water partition coefficient (Wildman–Crippen LogP) is 0.717. The van der Waals surface area contributed by atoms with Crippen molar-refractivity contribution in [2.24, 2.45) is 0 Å². The Hall–Kier alpha value is -0.930. The summed E-state index contributed by atoms with van der Waals surface area (Å²) in [6.45, 7) is 1.50. The van der Waals surface area contributed by atoms with Crippen LogP contribution < -0.4 is 5.32 Å². The van der Waals surface area contributed by atoms with Gasteiger partial charge in [0.2, 0.25) is 0 Å². The molecule has 0 radical (unpaired) electrons. The minimum Gasteiger partial charge on any atom is -0.389 e. The molecule has 0 bridgehead atoms. The predicted molar refractivity (Wildman–Crippen MR) is 58.6 cm³/mol. The first-order chi connectivity index (χ1) is 7.26. The highest BCUT2D eigenvalue weighted by atomic mass is 32.1. The molecule has 0 fully saturated rings. The van der Waals surface area contributed by atoms with E-state index in [1.54, 1.807) is 13.2 Å². The van der Waals surface area contributed by atoms with Gasteiger partial charge < -0.3 is 15.2 Å². The van der Waals surface area contributed by atoms with E-state index in [1.165, 1.54) is 11.3 Å². The van der Waals surface area contributed by atoms with E-state index in [0.29, 0.717) is 24.6 Å². The van der Waals surface area contributed by atoms with Crippen LogP contribution in [-0.2, 0) is 11.3 Å². The molecule has 0 saturated heterocycles. The number of nitrogens with one attached hydrogen (secondary N) is 1. The zero-order valence-electron chi connectivity index (χ0n) is 8.56. The van der Waals surface area contributed by atoms with Crippen LogP contribution in [0.5, 0.6) is 0 Å². The maximum Gasteiger partial charge on any atom is 0.110 e. The van der Waals surface area contributed by atoms with Crippen molar-refractivity contribution in [1.82, 2.24) is 5.32 Å². The van der Waals surface area contributed by atoms with Gasteiger partial charge in [-0.1, -0.05) is 0 Å². The Kier molecular flexibility index (Phi) is 5.29. The fourth-order valence-corrected chi connectivity index (χ4v) is 1.92. The lowest BCUT2D eigenvalue weighted by Crippen LogP contribution is -2.29. The van der Waals surface area contributed by atoms with E-state index in [-0.39, 0.29) is 0 Å². The van der Waals surface area contributed by atoms with Crippen LogP contribution in [0.4, 0.5) is 0 Å². The number of ether oxygens (including phenoxy) is 1. The van der Waals surface area contributed by atoms with Crippen LogP contribution >= 0.6 is 11.3 Å². The summed E-state index contributed by atoms with van der Waals surface area (Å²) in [5, 5.41) is 21.1. The quantitative estimate of drug-likeness (QED) is 0.750. The Bertz CT molecular complexity index is 332. The van der Waals surface area contributed by atoms with Crippen LogP contribution in [0.1, 0.15) is 9.75 Å². The summed E-state index contributed by atoms with van der Waals surface area (Å²) in [6, 6.07) is 5.80. The largest absolute Gasteiger partial charge is 0.389 e. The van der Waals surface area contributed by atoms with E-state index >= 15 is 0 Å². The van der Waals surface area contributed by atoms with Crippen molar-refractivity contribution in [2.75, 3.05) is 20.3 Å². The van der Waals surface area contributed by atoms with Crippen LogP contribution in [0.25, 0.3) is 0 Å². The van der Waals surface area contributed by atoms with Gasteiger partial charge in [0, 0.05) is 25.1 Å². The molecule has 4 nitrogen and oxygen atoms in total. The maximum atomic E-state index is 9.34. The molecule has 1 aromatic rings. The number of hydrogen-bond acceptors (Lipinski definition) is 5. The first-order valence-corrected chi connectivity index (χ1v) is 5.44. The number of nitrogens with zero attached hydrogens (tertiary/aromatic N) is 1. The number of thiophene rings is 1. The van der Waals surface area contributed by atoms with E-state index in [1.807, 2.05) is 6.07 Å². The molecule has 5 heteroatoms. The summed E-state index contributed by atoms with van der Waals surface area (Å²) in [6.07, 6.45) is -0.481.